The summed E-state index contributed by atoms with van der Waals surface area (Å²) in [7, 11) is -4.97. The monoisotopic (exact) mass is 411 g/mol. The van der Waals surface area contributed by atoms with Crippen molar-refractivity contribution in [2.45, 2.75) is 13.3 Å². The lowest BCUT2D eigenvalue weighted by Gasteiger charge is -2.20. The minimum atomic E-state index is -4.97. The normalized spacial score (nSPS) is 13.0. The van der Waals surface area contributed by atoms with Crippen molar-refractivity contribution in [3.05, 3.63) is 59.4 Å². The number of rotatable bonds is 7. The van der Waals surface area contributed by atoms with Crippen LogP contribution in [0.4, 0.5) is 22.0 Å². The van der Waals surface area contributed by atoms with Gasteiger partial charge in [0.1, 0.15) is 5.75 Å². The van der Waals surface area contributed by atoms with Gasteiger partial charge in [-0.25, -0.2) is 17.7 Å². The molecule has 0 amide bonds. The Morgan fingerprint density at radius 2 is 1.44 bits per heavy atom. The Hall–Kier alpha value is -2.65. The molecule has 2 aromatic carbocycles. The fourth-order valence-corrected chi connectivity index (χ4v) is 2.77. The topological polar surface area (TPSA) is 73.9 Å². The van der Waals surface area contributed by atoms with Crippen molar-refractivity contribution >= 4 is 13.7 Å². The Bertz CT molecular complexity index is 867. The standard InChI is InChI=1S/C15H11F5NO5P/c1-2-9(22)24-21-27(23,25-8-6-4-3-5-7-8)26-15-13(19)11(17)10(16)12(18)14(15)20/h3-7H,2H2,1H3,(H,21,23). The van der Waals surface area contributed by atoms with Crippen LogP contribution < -0.4 is 14.3 Å². The second-order valence-electron chi connectivity index (χ2n) is 4.81. The molecule has 1 N–H and O–H groups in total. The SMILES string of the molecule is CCC(=O)ONP(=O)(Oc1ccccc1)Oc1c(F)c(F)c(F)c(F)c1F. The first-order valence-corrected chi connectivity index (χ1v) is 8.75. The van der Waals surface area contributed by atoms with Gasteiger partial charge < -0.3 is 13.9 Å². The summed E-state index contributed by atoms with van der Waals surface area (Å²) in [5, 5.41) is 1.54. The highest BCUT2D eigenvalue weighted by Gasteiger charge is 2.37. The average molecular weight is 411 g/mol. The van der Waals surface area contributed by atoms with Gasteiger partial charge in [0.15, 0.2) is 0 Å². The number of nitrogens with one attached hydrogen (secondary N) is 1. The number of halogens is 5. The maximum absolute atomic E-state index is 13.8. The van der Waals surface area contributed by atoms with Crippen molar-refractivity contribution in [2.24, 2.45) is 0 Å². The average Bonchev–Trinajstić information content (AvgIpc) is 2.67. The third kappa shape index (κ3) is 4.75. The second kappa shape index (κ2) is 8.36. The molecule has 1 atom stereocenters. The molecule has 0 fully saturated rings. The molecule has 0 heterocycles. The van der Waals surface area contributed by atoms with Crippen molar-refractivity contribution in [3.63, 3.8) is 0 Å². The maximum atomic E-state index is 13.8. The number of carbonyl (C=O) groups excluding carboxylic acids is 1. The molecule has 2 aromatic rings. The van der Waals surface area contributed by atoms with Crippen molar-refractivity contribution in [1.29, 1.82) is 0 Å². The molecule has 0 aliphatic carbocycles. The van der Waals surface area contributed by atoms with E-state index in [-0.39, 0.29) is 12.2 Å². The third-order valence-corrected chi connectivity index (χ3v) is 4.10. The summed E-state index contributed by atoms with van der Waals surface area (Å²) in [6.07, 6.45) is -0.194. The molecular weight excluding hydrogens is 400 g/mol. The molecule has 0 aliphatic rings. The lowest BCUT2D eigenvalue weighted by atomic mass is 10.3. The maximum Gasteiger partial charge on any atom is 0.546 e. The molecule has 27 heavy (non-hydrogen) atoms. The lowest BCUT2D eigenvalue weighted by molar-refractivity contribution is -0.147. The Labute approximate surface area is 149 Å². The van der Waals surface area contributed by atoms with Crippen molar-refractivity contribution in [3.8, 4) is 11.5 Å². The predicted octanol–water partition coefficient (Wildman–Crippen LogP) is 4.41. The van der Waals surface area contributed by atoms with Crippen LogP contribution in [0.25, 0.3) is 0 Å². The van der Waals surface area contributed by atoms with E-state index in [0.717, 1.165) is 0 Å². The molecule has 0 aromatic heterocycles. The van der Waals surface area contributed by atoms with E-state index in [0.29, 0.717) is 0 Å². The number of para-hydroxylation sites is 1. The molecule has 0 saturated heterocycles. The van der Waals surface area contributed by atoms with E-state index in [1.807, 2.05) is 0 Å². The van der Waals surface area contributed by atoms with Crippen molar-refractivity contribution in [2.75, 3.05) is 0 Å². The van der Waals surface area contributed by atoms with Gasteiger partial charge in [-0.2, -0.15) is 8.78 Å². The van der Waals surface area contributed by atoms with E-state index in [1.54, 1.807) is 11.3 Å². The lowest BCUT2D eigenvalue weighted by Crippen LogP contribution is -2.23. The van der Waals surface area contributed by atoms with Crippen LogP contribution in [0.15, 0.2) is 30.3 Å². The summed E-state index contributed by atoms with van der Waals surface area (Å²) in [6.45, 7) is 1.37. The zero-order valence-electron chi connectivity index (χ0n) is 13.5. The van der Waals surface area contributed by atoms with Gasteiger partial charge >= 0.3 is 13.7 Å². The highest BCUT2D eigenvalue weighted by Crippen LogP contribution is 2.47. The Kier molecular flexibility index (Phi) is 6.40. The molecule has 12 heteroatoms. The predicted molar refractivity (Wildman–Crippen MR) is 81.1 cm³/mol. The second-order valence-corrected chi connectivity index (χ2v) is 6.35. The van der Waals surface area contributed by atoms with Gasteiger partial charge in [-0.1, -0.05) is 25.1 Å². The van der Waals surface area contributed by atoms with E-state index in [9.17, 15) is 31.3 Å². The Morgan fingerprint density at radius 1 is 0.926 bits per heavy atom. The first kappa shape index (κ1) is 20.7. The molecule has 6 nitrogen and oxygen atoms in total. The van der Waals surface area contributed by atoms with Gasteiger partial charge in [-0.05, 0) is 17.4 Å². The number of benzene rings is 2. The first-order chi connectivity index (χ1) is 12.7. The summed E-state index contributed by atoms with van der Waals surface area (Å²) in [4.78, 5) is 15.6. The number of carbonyl (C=O) groups is 1. The van der Waals surface area contributed by atoms with Gasteiger partial charge in [-0.3, -0.25) is 4.79 Å². The van der Waals surface area contributed by atoms with Crippen LogP contribution in [0.1, 0.15) is 13.3 Å². The quantitative estimate of drug-likeness (QED) is 0.239. The fourth-order valence-electron chi connectivity index (χ4n) is 1.64. The van der Waals surface area contributed by atoms with Crippen LogP contribution in [0.5, 0.6) is 11.5 Å². The molecule has 2 rings (SSSR count). The Morgan fingerprint density at radius 3 is 1.96 bits per heavy atom. The number of hydrogen-bond donors (Lipinski definition) is 1. The molecule has 1 unspecified atom stereocenters. The van der Waals surface area contributed by atoms with Crippen LogP contribution >= 0.6 is 7.75 Å². The van der Waals surface area contributed by atoms with Crippen LogP contribution in [-0.4, -0.2) is 5.97 Å². The molecule has 0 spiro atoms. The van der Waals surface area contributed by atoms with Crippen LogP contribution in [-0.2, 0) is 14.2 Å². The summed E-state index contributed by atoms with van der Waals surface area (Å²) < 4.78 is 89.3. The number of hydrogen-bond acceptors (Lipinski definition) is 5. The van der Waals surface area contributed by atoms with Gasteiger partial charge in [0.05, 0.1) is 0 Å². The van der Waals surface area contributed by atoms with E-state index in [4.69, 9.17) is 4.52 Å². The van der Waals surface area contributed by atoms with Crippen LogP contribution in [0.3, 0.4) is 0 Å². The van der Waals surface area contributed by atoms with Crippen LogP contribution in [0.2, 0.25) is 0 Å². The van der Waals surface area contributed by atoms with Crippen LogP contribution in [0, 0.1) is 29.1 Å². The van der Waals surface area contributed by atoms with E-state index in [1.165, 1.54) is 31.2 Å². The first-order valence-electron chi connectivity index (χ1n) is 7.21. The molecule has 0 aliphatic heterocycles. The summed E-state index contributed by atoms with van der Waals surface area (Å²) >= 11 is 0. The van der Waals surface area contributed by atoms with Gasteiger partial charge in [-0.15, -0.1) is 0 Å². The summed E-state index contributed by atoms with van der Waals surface area (Å²) in [5.41, 5.74) is 0. The minimum absolute atomic E-state index is 0.176. The Balaban J connectivity index is 2.43. The van der Waals surface area contributed by atoms with E-state index >= 15 is 0 Å². The molecular formula is C15H11F5NO5P. The van der Waals surface area contributed by atoms with E-state index < -0.39 is 48.6 Å². The molecule has 0 radical (unpaired) electrons. The molecule has 146 valence electrons. The van der Waals surface area contributed by atoms with Gasteiger partial charge in [0, 0.05) is 6.42 Å². The smallest absolute Gasteiger partial charge is 0.403 e. The van der Waals surface area contributed by atoms with Gasteiger partial charge in [0.25, 0.3) is 0 Å². The summed E-state index contributed by atoms with van der Waals surface area (Å²) in [5.74, 6) is -14.8. The fraction of sp³-hybridized carbons (Fsp3) is 0.133. The third-order valence-electron chi connectivity index (χ3n) is 2.91. The van der Waals surface area contributed by atoms with Crippen molar-refractivity contribution < 1.29 is 45.2 Å². The molecule has 0 saturated carbocycles. The largest absolute Gasteiger partial charge is 0.546 e. The minimum Gasteiger partial charge on any atom is -0.403 e. The highest BCUT2D eigenvalue weighted by molar-refractivity contribution is 7.52. The van der Waals surface area contributed by atoms with Crippen molar-refractivity contribution in [1.82, 2.24) is 5.25 Å². The van der Waals surface area contributed by atoms with Gasteiger partial charge in [0.2, 0.25) is 34.8 Å². The zero-order chi connectivity index (χ0) is 20.2. The highest BCUT2D eigenvalue weighted by atomic mass is 31.2. The van der Waals surface area contributed by atoms with E-state index in [2.05, 4.69) is 9.36 Å². The molecule has 0 bridgehead atoms. The summed E-state index contributed by atoms with van der Waals surface area (Å²) in [6, 6.07) is 6.90. The zero-order valence-corrected chi connectivity index (χ0v) is 14.4.